The van der Waals surface area contributed by atoms with Crippen LogP contribution in [0.4, 0.5) is 0 Å². The van der Waals surface area contributed by atoms with E-state index in [1.807, 2.05) is 32.9 Å². The van der Waals surface area contributed by atoms with Crippen LogP contribution in [0.2, 0.25) is 0 Å². The van der Waals surface area contributed by atoms with E-state index in [4.69, 9.17) is 4.74 Å². The number of carbonyl (C=O) groups is 2. The molecule has 3 nitrogen and oxygen atoms in total. The van der Waals surface area contributed by atoms with Gasteiger partial charge in [0.15, 0.2) is 5.78 Å². The summed E-state index contributed by atoms with van der Waals surface area (Å²) in [5, 5.41) is 0. The summed E-state index contributed by atoms with van der Waals surface area (Å²) in [5.41, 5.74) is 4.00. The molecule has 0 saturated heterocycles. The summed E-state index contributed by atoms with van der Waals surface area (Å²) in [5.74, 6) is -0.276. The average Bonchev–Trinajstić information content (AvgIpc) is 2.43. The van der Waals surface area contributed by atoms with Crippen molar-refractivity contribution >= 4 is 11.8 Å². The van der Waals surface area contributed by atoms with Gasteiger partial charge in [0.2, 0.25) is 0 Å². The Balaban J connectivity index is 2.31. The predicted octanol–water partition coefficient (Wildman–Crippen LogP) is 4.03. The summed E-state index contributed by atoms with van der Waals surface area (Å²) >= 11 is 0. The van der Waals surface area contributed by atoms with E-state index in [2.05, 4.69) is 0 Å². The van der Waals surface area contributed by atoms with Crippen LogP contribution in [0.3, 0.4) is 0 Å². The fourth-order valence-corrected chi connectivity index (χ4v) is 2.04. The van der Waals surface area contributed by atoms with Gasteiger partial charge >= 0.3 is 5.97 Å². The van der Waals surface area contributed by atoms with Crippen molar-refractivity contribution in [2.24, 2.45) is 0 Å². The molecule has 2 aromatic carbocycles. The molecule has 0 aromatic heterocycles. The second-order valence-corrected chi connectivity index (χ2v) is 5.24. The molecule has 0 N–H and O–H groups in total. The first-order valence-corrected chi connectivity index (χ1v) is 6.79. The van der Waals surface area contributed by atoms with Crippen molar-refractivity contribution in [1.29, 1.82) is 0 Å². The molecule has 0 aliphatic carbocycles. The molecular weight excluding hydrogens is 264 g/mol. The van der Waals surface area contributed by atoms with Crippen molar-refractivity contribution in [2.75, 3.05) is 0 Å². The number of carbonyl (C=O) groups excluding carboxylic acids is 2. The zero-order valence-electron chi connectivity index (χ0n) is 12.7. The molecule has 0 unspecified atom stereocenters. The number of hydrogen-bond donors (Lipinski definition) is 0. The minimum absolute atomic E-state index is 0.124. The van der Waals surface area contributed by atoms with Crippen molar-refractivity contribution in [3.8, 4) is 5.75 Å². The number of benzene rings is 2. The topological polar surface area (TPSA) is 43.4 Å². The van der Waals surface area contributed by atoms with Crippen molar-refractivity contribution in [3.63, 3.8) is 0 Å². The zero-order chi connectivity index (χ0) is 15.6. The summed E-state index contributed by atoms with van der Waals surface area (Å²) in [7, 11) is 0. The Bertz CT molecular complexity index is 714. The number of hydrogen-bond acceptors (Lipinski definition) is 3. The Morgan fingerprint density at radius 1 is 0.905 bits per heavy atom. The van der Waals surface area contributed by atoms with Gasteiger partial charge in [-0.25, -0.2) is 4.79 Å². The summed E-state index contributed by atoms with van der Waals surface area (Å²) < 4.78 is 5.38. The lowest BCUT2D eigenvalue weighted by Crippen LogP contribution is -2.11. The van der Waals surface area contributed by atoms with Crippen molar-refractivity contribution < 1.29 is 14.3 Å². The van der Waals surface area contributed by atoms with E-state index < -0.39 is 5.97 Å². The first-order chi connectivity index (χ1) is 9.88. The van der Waals surface area contributed by atoms with Crippen molar-refractivity contribution in [2.45, 2.75) is 27.7 Å². The molecule has 2 rings (SSSR count). The molecule has 0 saturated carbocycles. The molecule has 0 radical (unpaired) electrons. The molecule has 108 valence electrons. The van der Waals surface area contributed by atoms with Crippen LogP contribution in [0.25, 0.3) is 0 Å². The highest BCUT2D eigenvalue weighted by Gasteiger charge is 2.14. The number of esters is 1. The van der Waals surface area contributed by atoms with Crippen LogP contribution >= 0.6 is 0 Å². The van der Waals surface area contributed by atoms with Gasteiger partial charge in [-0.3, -0.25) is 4.79 Å². The van der Waals surface area contributed by atoms with E-state index in [-0.39, 0.29) is 5.78 Å². The van der Waals surface area contributed by atoms with Crippen molar-refractivity contribution in [3.05, 3.63) is 64.2 Å². The number of ketones is 1. The molecule has 0 bridgehead atoms. The monoisotopic (exact) mass is 282 g/mol. The summed E-state index contributed by atoms with van der Waals surface area (Å²) in [4.78, 5) is 23.8. The SMILES string of the molecule is CC(=O)c1cc(C)ccc1OC(=O)c1ccc(C)c(C)c1. The predicted molar refractivity (Wildman–Crippen MR) is 82.1 cm³/mol. The van der Waals surface area contributed by atoms with Crippen LogP contribution in [0.5, 0.6) is 5.75 Å². The van der Waals surface area contributed by atoms with E-state index >= 15 is 0 Å². The Morgan fingerprint density at radius 2 is 1.62 bits per heavy atom. The molecule has 0 spiro atoms. The van der Waals surface area contributed by atoms with E-state index in [9.17, 15) is 9.59 Å². The molecule has 0 heterocycles. The molecule has 3 heteroatoms. The summed E-state index contributed by atoms with van der Waals surface area (Å²) in [6.45, 7) is 7.28. The molecule has 0 aliphatic rings. The number of ether oxygens (including phenoxy) is 1. The molecule has 21 heavy (non-hydrogen) atoms. The Hall–Kier alpha value is -2.42. The third-order valence-electron chi connectivity index (χ3n) is 3.46. The highest BCUT2D eigenvalue weighted by Crippen LogP contribution is 2.22. The Labute approximate surface area is 124 Å². The average molecular weight is 282 g/mol. The quantitative estimate of drug-likeness (QED) is 0.485. The lowest BCUT2D eigenvalue weighted by Gasteiger charge is -2.10. The minimum atomic E-state index is -0.454. The number of Topliss-reactive ketones (excluding diaryl/α,β-unsaturated/α-hetero) is 1. The van der Waals surface area contributed by atoms with Gasteiger partial charge in [-0.1, -0.05) is 17.7 Å². The third kappa shape index (κ3) is 3.37. The maximum atomic E-state index is 12.2. The lowest BCUT2D eigenvalue weighted by atomic mass is 10.1. The van der Waals surface area contributed by atoms with Gasteiger partial charge in [-0.15, -0.1) is 0 Å². The van der Waals surface area contributed by atoms with E-state index in [1.54, 1.807) is 24.3 Å². The number of rotatable bonds is 3. The molecule has 0 aliphatic heterocycles. The highest BCUT2D eigenvalue weighted by molar-refractivity contribution is 5.99. The maximum absolute atomic E-state index is 12.2. The van der Waals surface area contributed by atoms with E-state index in [1.165, 1.54) is 6.92 Å². The molecule has 0 amide bonds. The fraction of sp³-hybridized carbons (Fsp3) is 0.222. The molecule has 0 fully saturated rings. The van der Waals surface area contributed by atoms with Gasteiger partial charge in [0.1, 0.15) is 5.75 Å². The van der Waals surface area contributed by atoms with Crippen LogP contribution in [0.15, 0.2) is 36.4 Å². The molecule has 2 aromatic rings. The largest absolute Gasteiger partial charge is 0.422 e. The van der Waals surface area contributed by atoms with Gasteiger partial charge < -0.3 is 4.74 Å². The minimum Gasteiger partial charge on any atom is -0.422 e. The van der Waals surface area contributed by atoms with Crippen LogP contribution < -0.4 is 4.74 Å². The molecule has 0 atom stereocenters. The second-order valence-electron chi connectivity index (χ2n) is 5.24. The molecular formula is C18H18O3. The van der Waals surface area contributed by atoms with Gasteiger partial charge in [0.25, 0.3) is 0 Å². The van der Waals surface area contributed by atoms with Gasteiger partial charge in [0, 0.05) is 0 Å². The van der Waals surface area contributed by atoms with Gasteiger partial charge in [-0.05, 0) is 63.1 Å². The van der Waals surface area contributed by atoms with E-state index in [0.29, 0.717) is 16.9 Å². The summed E-state index contributed by atoms with van der Waals surface area (Å²) in [6, 6.07) is 10.6. The second kappa shape index (κ2) is 5.92. The maximum Gasteiger partial charge on any atom is 0.343 e. The van der Waals surface area contributed by atoms with Gasteiger partial charge in [-0.2, -0.15) is 0 Å². The first kappa shape index (κ1) is 15.0. The standard InChI is InChI=1S/C18H18O3/c1-11-5-8-17(16(9-11)14(4)19)21-18(20)15-7-6-12(2)13(3)10-15/h5-10H,1-4H3. The van der Waals surface area contributed by atoms with Crippen LogP contribution in [0, 0.1) is 20.8 Å². The van der Waals surface area contributed by atoms with Crippen molar-refractivity contribution in [1.82, 2.24) is 0 Å². The summed E-state index contributed by atoms with van der Waals surface area (Å²) in [6.07, 6.45) is 0. The fourth-order valence-electron chi connectivity index (χ4n) is 2.04. The number of aryl methyl sites for hydroxylation is 3. The van der Waals surface area contributed by atoms with E-state index in [0.717, 1.165) is 16.7 Å². The van der Waals surface area contributed by atoms with Crippen LogP contribution in [-0.2, 0) is 0 Å². The third-order valence-corrected chi connectivity index (χ3v) is 3.46. The normalized spacial score (nSPS) is 10.3. The Kier molecular flexibility index (Phi) is 4.22. The smallest absolute Gasteiger partial charge is 0.343 e. The Morgan fingerprint density at radius 3 is 2.24 bits per heavy atom. The van der Waals surface area contributed by atoms with Crippen LogP contribution in [0.1, 0.15) is 44.3 Å². The van der Waals surface area contributed by atoms with Crippen LogP contribution in [-0.4, -0.2) is 11.8 Å². The van der Waals surface area contributed by atoms with Gasteiger partial charge in [0.05, 0.1) is 11.1 Å². The highest BCUT2D eigenvalue weighted by atomic mass is 16.5. The lowest BCUT2D eigenvalue weighted by molar-refractivity contribution is 0.0732. The zero-order valence-corrected chi connectivity index (χ0v) is 12.7. The first-order valence-electron chi connectivity index (χ1n) is 6.79.